The van der Waals surface area contributed by atoms with Crippen molar-refractivity contribution in [3.05, 3.63) is 65.0 Å². The summed E-state index contributed by atoms with van der Waals surface area (Å²) >= 11 is 0. The molecule has 1 amide bonds. The minimum Gasteiger partial charge on any atom is -0.366 e. The summed E-state index contributed by atoms with van der Waals surface area (Å²) in [6, 6.07) is 14.2. The molecule has 1 aliphatic rings. The van der Waals surface area contributed by atoms with Crippen molar-refractivity contribution in [2.45, 2.75) is 31.8 Å². The number of carbonyl (C=O) groups excluding carboxylic acids is 1. The Bertz CT molecular complexity index is 899. The van der Waals surface area contributed by atoms with E-state index in [1.54, 1.807) is 6.07 Å². The maximum absolute atomic E-state index is 11.6. The molecular formula is C19H20N4O. The van der Waals surface area contributed by atoms with Crippen LogP contribution in [-0.2, 0) is 13.0 Å². The summed E-state index contributed by atoms with van der Waals surface area (Å²) in [6.45, 7) is 0.820. The predicted octanol–water partition coefficient (Wildman–Crippen LogP) is 2.83. The number of nitrogens with one attached hydrogen (secondary N) is 2. The van der Waals surface area contributed by atoms with Crippen LogP contribution in [0.3, 0.4) is 0 Å². The van der Waals surface area contributed by atoms with Gasteiger partial charge in [-0.2, -0.15) is 0 Å². The first-order valence-electron chi connectivity index (χ1n) is 8.31. The van der Waals surface area contributed by atoms with Crippen LogP contribution < -0.4 is 11.1 Å². The molecule has 1 aliphatic heterocycles. The van der Waals surface area contributed by atoms with Crippen LogP contribution in [0.25, 0.3) is 11.0 Å². The molecule has 2 heterocycles. The van der Waals surface area contributed by atoms with E-state index in [9.17, 15) is 4.79 Å². The highest BCUT2D eigenvalue weighted by atomic mass is 16.1. The lowest BCUT2D eigenvalue weighted by Crippen LogP contribution is -2.24. The number of amides is 1. The van der Waals surface area contributed by atoms with E-state index in [0.717, 1.165) is 37.1 Å². The number of aromatic amines is 1. The van der Waals surface area contributed by atoms with E-state index in [-0.39, 0.29) is 6.04 Å². The van der Waals surface area contributed by atoms with Crippen molar-refractivity contribution in [1.82, 2.24) is 15.3 Å². The lowest BCUT2D eigenvalue weighted by Gasteiger charge is -2.21. The van der Waals surface area contributed by atoms with E-state index in [0.29, 0.717) is 11.1 Å². The zero-order valence-corrected chi connectivity index (χ0v) is 13.4. The van der Waals surface area contributed by atoms with Crippen LogP contribution in [0.5, 0.6) is 0 Å². The van der Waals surface area contributed by atoms with Gasteiger partial charge in [0.15, 0.2) is 0 Å². The Morgan fingerprint density at radius 3 is 2.79 bits per heavy atom. The first-order chi connectivity index (χ1) is 11.7. The van der Waals surface area contributed by atoms with Crippen molar-refractivity contribution in [2.24, 2.45) is 5.73 Å². The molecule has 4 N–H and O–H groups in total. The summed E-state index contributed by atoms with van der Waals surface area (Å²) in [7, 11) is 0. The number of fused-ring (bicyclic) bond motifs is 2. The van der Waals surface area contributed by atoms with Crippen LogP contribution in [0.1, 0.15) is 46.2 Å². The first kappa shape index (κ1) is 14.9. The average Bonchev–Trinajstić information content (AvgIpc) is 2.99. The summed E-state index contributed by atoms with van der Waals surface area (Å²) in [5, 5.41) is 3.59. The van der Waals surface area contributed by atoms with E-state index >= 15 is 0 Å². The molecule has 3 aromatic rings. The molecule has 0 aliphatic carbocycles. The Kier molecular flexibility index (Phi) is 3.78. The lowest BCUT2D eigenvalue weighted by molar-refractivity contribution is 0.100. The zero-order chi connectivity index (χ0) is 16.5. The maximum atomic E-state index is 11.6. The summed E-state index contributed by atoms with van der Waals surface area (Å²) < 4.78 is 0. The maximum Gasteiger partial charge on any atom is 0.250 e. The van der Waals surface area contributed by atoms with Crippen LogP contribution >= 0.6 is 0 Å². The molecule has 1 aromatic heterocycles. The fourth-order valence-corrected chi connectivity index (χ4v) is 3.45. The van der Waals surface area contributed by atoms with Gasteiger partial charge < -0.3 is 16.0 Å². The summed E-state index contributed by atoms with van der Waals surface area (Å²) in [4.78, 5) is 19.6. The number of aryl methyl sites for hydroxylation is 1. The van der Waals surface area contributed by atoms with Gasteiger partial charge in [0.25, 0.3) is 5.91 Å². The van der Waals surface area contributed by atoms with E-state index < -0.39 is 5.91 Å². The van der Waals surface area contributed by atoms with E-state index in [2.05, 4.69) is 39.6 Å². The first-order valence-corrected chi connectivity index (χ1v) is 8.31. The third kappa shape index (κ3) is 2.67. The van der Waals surface area contributed by atoms with Crippen LogP contribution in [0.4, 0.5) is 0 Å². The molecule has 0 bridgehead atoms. The average molecular weight is 320 g/mol. The lowest BCUT2D eigenvalue weighted by atomic mass is 9.97. The number of aromatic nitrogens is 2. The Morgan fingerprint density at radius 1 is 1.12 bits per heavy atom. The molecule has 0 radical (unpaired) electrons. The Morgan fingerprint density at radius 2 is 1.96 bits per heavy atom. The summed E-state index contributed by atoms with van der Waals surface area (Å²) in [6.07, 6.45) is 3.18. The third-order valence-electron chi connectivity index (χ3n) is 4.72. The molecular weight excluding hydrogens is 300 g/mol. The number of carbonyl (C=O) groups is 1. The van der Waals surface area contributed by atoms with Gasteiger partial charge in [-0.3, -0.25) is 4.79 Å². The Hall–Kier alpha value is -2.66. The highest BCUT2D eigenvalue weighted by Crippen LogP contribution is 2.25. The molecule has 5 heteroatoms. The van der Waals surface area contributed by atoms with E-state index in [1.165, 1.54) is 11.1 Å². The fraction of sp³-hybridized carbons (Fsp3) is 0.263. The molecule has 4 rings (SSSR count). The molecule has 0 saturated heterocycles. The number of benzene rings is 2. The third-order valence-corrected chi connectivity index (χ3v) is 4.72. The predicted molar refractivity (Wildman–Crippen MR) is 93.6 cm³/mol. The number of H-pyrrole nitrogens is 1. The van der Waals surface area contributed by atoms with Gasteiger partial charge in [-0.05, 0) is 42.5 Å². The molecule has 1 unspecified atom stereocenters. The van der Waals surface area contributed by atoms with Gasteiger partial charge in [-0.1, -0.05) is 30.3 Å². The highest BCUT2D eigenvalue weighted by molar-refractivity contribution is 6.04. The topological polar surface area (TPSA) is 83.8 Å². The Labute approximate surface area is 140 Å². The monoisotopic (exact) mass is 320 g/mol. The van der Waals surface area contributed by atoms with Crippen molar-refractivity contribution >= 4 is 16.9 Å². The number of nitrogens with zero attached hydrogens (tertiary/aromatic N) is 1. The highest BCUT2D eigenvalue weighted by Gasteiger charge is 2.20. The Balaban J connectivity index is 1.65. The van der Waals surface area contributed by atoms with Crippen LogP contribution in [0.15, 0.2) is 42.5 Å². The summed E-state index contributed by atoms with van der Waals surface area (Å²) in [5.74, 6) is 0.427. The molecule has 1 atom stereocenters. The minimum absolute atomic E-state index is 0.145. The number of nitrogens with two attached hydrogens (primary N) is 1. The zero-order valence-electron chi connectivity index (χ0n) is 13.4. The smallest absolute Gasteiger partial charge is 0.250 e. The van der Waals surface area contributed by atoms with Crippen molar-refractivity contribution < 1.29 is 4.79 Å². The normalized spacial score (nSPS) is 17.9. The van der Waals surface area contributed by atoms with Gasteiger partial charge in [0.1, 0.15) is 11.3 Å². The molecule has 0 spiro atoms. The quantitative estimate of drug-likeness (QED) is 0.679. The number of hydrogen-bond donors (Lipinski definition) is 3. The second-order valence-electron chi connectivity index (χ2n) is 6.28. The number of hydrogen-bond acceptors (Lipinski definition) is 3. The van der Waals surface area contributed by atoms with Gasteiger partial charge in [0, 0.05) is 6.54 Å². The van der Waals surface area contributed by atoms with Crippen LogP contribution in [0.2, 0.25) is 0 Å². The van der Waals surface area contributed by atoms with E-state index in [1.807, 2.05) is 12.1 Å². The number of primary amides is 1. The SMILES string of the molecule is NC(=O)c1cccc2[nH]c(C3CCCc4ccccc4CN3)nc12. The van der Waals surface area contributed by atoms with Crippen molar-refractivity contribution in [2.75, 3.05) is 0 Å². The number of imidazole rings is 1. The van der Waals surface area contributed by atoms with Gasteiger partial charge >= 0.3 is 0 Å². The van der Waals surface area contributed by atoms with Gasteiger partial charge in [0.2, 0.25) is 0 Å². The molecule has 2 aromatic carbocycles. The molecule has 0 saturated carbocycles. The summed E-state index contributed by atoms with van der Waals surface area (Å²) in [5.41, 5.74) is 10.2. The second-order valence-corrected chi connectivity index (χ2v) is 6.28. The fourth-order valence-electron chi connectivity index (χ4n) is 3.45. The van der Waals surface area contributed by atoms with Gasteiger partial charge in [-0.15, -0.1) is 0 Å². The number of para-hydroxylation sites is 1. The second kappa shape index (κ2) is 6.09. The van der Waals surface area contributed by atoms with Gasteiger partial charge in [-0.25, -0.2) is 4.98 Å². The standard InChI is InChI=1S/C19H20N4O/c20-18(24)14-8-4-9-15-17(14)23-19(22-15)16-10-3-7-12-5-1-2-6-13(12)11-21-16/h1-2,4-6,8-9,16,21H,3,7,10-11H2,(H2,20,24)(H,22,23). The molecule has 5 nitrogen and oxygen atoms in total. The molecule has 0 fully saturated rings. The van der Waals surface area contributed by atoms with E-state index in [4.69, 9.17) is 5.73 Å². The minimum atomic E-state index is -0.446. The van der Waals surface area contributed by atoms with Crippen LogP contribution in [0, 0.1) is 0 Å². The largest absolute Gasteiger partial charge is 0.366 e. The molecule has 24 heavy (non-hydrogen) atoms. The van der Waals surface area contributed by atoms with Crippen molar-refractivity contribution in [1.29, 1.82) is 0 Å². The van der Waals surface area contributed by atoms with Crippen molar-refractivity contribution in [3.8, 4) is 0 Å². The van der Waals surface area contributed by atoms with Gasteiger partial charge in [0.05, 0.1) is 17.1 Å². The van der Waals surface area contributed by atoms with Crippen LogP contribution in [-0.4, -0.2) is 15.9 Å². The molecule has 122 valence electrons. The number of rotatable bonds is 2. The van der Waals surface area contributed by atoms with Crippen molar-refractivity contribution in [3.63, 3.8) is 0 Å².